The van der Waals surface area contributed by atoms with Crippen LogP contribution in [-0.2, 0) is 9.59 Å². The Morgan fingerprint density at radius 1 is 1.32 bits per heavy atom. The number of aliphatic carboxylic acids is 1. The second-order valence-corrected chi connectivity index (χ2v) is 5.49. The van der Waals surface area contributed by atoms with E-state index >= 15 is 0 Å². The van der Waals surface area contributed by atoms with E-state index in [0.717, 1.165) is 12.8 Å². The molecule has 2 N–H and O–H groups in total. The number of likely N-dealkylation sites (N-methyl/N-ethyl adjacent to an activating group) is 1. The van der Waals surface area contributed by atoms with Crippen LogP contribution in [0.2, 0.25) is 0 Å². The molecule has 1 aliphatic rings. The summed E-state index contributed by atoms with van der Waals surface area (Å²) in [7, 11) is 0. The normalized spacial score (nSPS) is 19.4. The third-order valence-corrected chi connectivity index (χ3v) is 3.96. The van der Waals surface area contributed by atoms with Gasteiger partial charge < -0.3 is 10.4 Å². The van der Waals surface area contributed by atoms with Crippen LogP contribution in [0, 0.1) is 5.92 Å². The van der Waals surface area contributed by atoms with Gasteiger partial charge in [-0.3, -0.25) is 14.5 Å². The fourth-order valence-electron chi connectivity index (χ4n) is 2.55. The smallest absolute Gasteiger partial charge is 0.307 e. The summed E-state index contributed by atoms with van der Waals surface area (Å²) in [6.45, 7) is 6.56. The van der Waals surface area contributed by atoms with Crippen molar-refractivity contribution < 1.29 is 14.7 Å². The molecule has 0 aromatic rings. The molecular weight excluding hydrogens is 244 g/mol. The van der Waals surface area contributed by atoms with E-state index in [2.05, 4.69) is 5.32 Å². The average molecular weight is 270 g/mol. The maximum atomic E-state index is 12.2. The number of hydrogen-bond donors (Lipinski definition) is 2. The number of nitrogens with zero attached hydrogens (tertiary/aromatic N) is 1. The van der Waals surface area contributed by atoms with Crippen LogP contribution in [0.15, 0.2) is 0 Å². The molecule has 19 heavy (non-hydrogen) atoms. The van der Waals surface area contributed by atoms with Crippen LogP contribution in [0.25, 0.3) is 0 Å². The molecule has 1 rings (SSSR count). The predicted octanol–water partition coefficient (Wildman–Crippen LogP) is 1.48. The number of carboxylic acids is 1. The lowest BCUT2D eigenvalue weighted by molar-refractivity contribution is -0.142. The summed E-state index contributed by atoms with van der Waals surface area (Å²) in [4.78, 5) is 25.0. The van der Waals surface area contributed by atoms with Gasteiger partial charge in [-0.2, -0.15) is 0 Å². The zero-order valence-corrected chi connectivity index (χ0v) is 12.2. The van der Waals surface area contributed by atoms with Crippen molar-refractivity contribution in [1.29, 1.82) is 0 Å². The molecule has 0 spiro atoms. The molecule has 0 aromatic heterocycles. The Morgan fingerprint density at radius 2 is 1.89 bits per heavy atom. The molecular formula is C14H26N2O3. The topological polar surface area (TPSA) is 69.6 Å². The zero-order chi connectivity index (χ0) is 14.4. The van der Waals surface area contributed by atoms with Gasteiger partial charge in [-0.15, -0.1) is 0 Å². The summed E-state index contributed by atoms with van der Waals surface area (Å²) >= 11 is 0. The van der Waals surface area contributed by atoms with Gasteiger partial charge in [0.25, 0.3) is 0 Å². The molecule has 5 heteroatoms. The average Bonchev–Trinajstić information content (AvgIpc) is 2.87. The highest BCUT2D eigenvalue weighted by molar-refractivity contribution is 5.81. The summed E-state index contributed by atoms with van der Waals surface area (Å²) in [5, 5.41) is 12.0. The minimum absolute atomic E-state index is 0.0198. The van der Waals surface area contributed by atoms with Gasteiger partial charge in [0.1, 0.15) is 0 Å². The molecule has 5 nitrogen and oxygen atoms in total. The summed E-state index contributed by atoms with van der Waals surface area (Å²) in [6.07, 6.45) is 4.51. The van der Waals surface area contributed by atoms with Gasteiger partial charge in [0.2, 0.25) is 5.91 Å². The molecule has 0 radical (unpaired) electrons. The highest BCUT2D eigenvalue weighted by atomic mass is 16.4. The van der Waals surface area contributed by atoms with Crippen LogP contribution in [0.3, 0.4) is 0 Å². The quantitative estimate of drug-likeness (QED) is 0.735. The summed E-state index contributed by atoms with van der Waals surface area (Å²) in [5.41, 5.74) is 0. The predicted molar refractivity (Wildman–Crippen MR) is 73.9 cm³/mol. The molecule has 0 aromatic carbocycles. The zero-order valence-electron chi connectivity index (χ0n) is 12.2. The first-order valence-corrected chi connectivity index (χ1v) is 7.23. The molecule has 0 heterocycles. The maximum Gasteiger partial charge on any atom is 0.307 e. The number of rotatable bonds is 7. The Morgan fingerprint density at radius 3 is 2.37 bits per heavy atom. The van der Waals surface area contributed by atoms with E-state index < -0.39 is 11.9 Å². The van der Waals surface area contributed by atoms with Crippen LogP contribution < -0.4 is 5.32 Å². The van der Waals surface area contributed by atoms with Gasteiger partial charge >= 0.3 is 5.97 Å². The number of carbonyl (C=O) groups is 2. The fraction of sp³-hybridized carbons (Fsp3) is 0.857. The Bertz CT molecular complexity index is 314. The standard InChI is InChI=1S/C14H26N2O3/c1-4-16(9-10(2)14(18)19)11(3)13(17)15-12-7-5-6-8-12/h10-12H,4-9H2,1-3H3,(H,15,17)(H,18,19). The second-order valence-electron chi connectivity index (χ2n) is 5.49. The Kier molecular flexibility index (Phi) is 6.28. The Hall–Kier alpha value is -1.10. The van der Waals surface area contributed by atoms with Gasteiger partial charge in [-0.25, -0.2) is 0 Å². The molecule has 1 amide bonds. The largest absolute Gasteiger partial charge is 0.481 e. The number of hydrogen-bond acceptors (Lipinski definition) is 3. The molecule has 1 aliphatic carbocycles. The van der Waals surface area contributed by atoms with Gasteiger partial charge in [-0.1, -0.05) is 26.7 Å². The fourth-order valence-corrected chi connectivity index (χ4v) is 2.55. The summed E-state index contributed by atoms with van der Waals surface area (Å²) < 4.78 is 0. The van der Waals surface area contributed by atoms with Crippen molar-refractivity contribution >= 4 is 11.9 Å². The van der Waals surface area contributed by atoms with Crippen molar-refractivity contribution in [2.45, 2.75) is 58.5 Å². The van der Waals surface area contributed by atoms with Crippen molar-refractivity contribution in [3.05, 3.63) is 0 Å². The van der Waals surface area contributed by atoms with Gasteiger partial charge in [-0.05, 0) is 26.3 Å². The summed E-state index contributed by atoms with van der Waals surface area (Å²) in [5.74, 6) is -1.25. The minimum Gasteiger partial charge on any atom is -0.481 e. The van der Waals surface area contributed by atoms with Crippen LogP contribution in [0.4, 0.5) is 0 Å². The molecule has 1 saturated carbocycles. The summed E-state index contributed by atoms with van der Waals surface area (Å²) in [6, 6.07) is 0.0398. The van der Waals surface area contributed by atoms with Crippen LogP contribution >= 0.6 is 0 Å². The minimum atomic E-state index is -0.818. The third-order valence-electron chi connectivity index (χ3n) is 3.96. The van der Waals surface area contributed by atoms with Crippen molar-refractivity contribution in [3.63, 3.8) is 0 Å². The van der Waals surface area contributed by atoms with Gasteiger partial charge in [0.05, 0.1) is 12.0 Å². The van der Waals surface area contributed by atoms with Gasteiger partial charge in [0.15, 0.2) is 0 Å². The first-order valence-electron chi connectivity index (χ1n) is 7.23. The monoisotopic (exact) mass is 270 g/mol. The van der Waals surface area contributed by atoms with Crippen molar-refractivity contribution in [2.75, 3.05) is 13.1 Å². The van der Waals surface area contributed by atoms with Crippen LogP contribution in [0.5, 0.6) is 0 Å². The molecule has 2 unspecified atom stereocenters. The van der Waals surface area contributed by atoms with E-state index in [9.17, 15) is 9.59 Å². The third kappa shape index (κ3) is 4.82. The number of carboxylic acid groups (broad SMARTS) is 1. The Balaban J connectivity index is 2.48. The first-order chi connectivity index (χ1) is 8.95. The van der Waals surface area contributed by atoms with Crippen molar-refractivity contribution in [2.24, 2.45) is 5.92 Å². The molecule has 0 aliphatic heterocycles. The van der Waals surface area contributed by atoms with E-state index in [-0.39, 0.29) is 11.9 Å². The van der Waals surface area contributed by atoms with E-state index in [1.54, 1.807) is 6.92 Å². The lowest BCUT2D eigenvalue weighted by atomic mass is 10.1. The van der Waals surface area contributed by atoms with Crippen molar-refractivity contribution in [1.82, 2.24) is 10.2 Å². The van der Waals surface area contributed by atoms with Crippen LogP contribution in [-0.4, -0.2) is 47.1 Å². The molecule has 0 bridgehead atoms. The highest BCUT2D eigenvalue weighted by Gasteiger charge is 2.26. The lowest BCUT2D eigenvalue weighted by Crippen LogP contribution is -2.49. The highest BCUT2D eigenvalue weighted by Crippen LogP contribution is 2.18. The molecule has 1 fully saturated rings. The second kappa shape index (κ2) is 7.48. The van der Waals surface area contributed by atoms with Crippen molar-refractivity contribution in [3.8, 4) is 0 Å². The van der Waals surface area contributed by atoms with E-state index in [1.807, 2.05) is 18.7 Å². The lowest BCUT2D eigenvalue weighted by Gasteiger charge is -2.29. The maximum absolute atomic E-state index is 12.2. The first kappa shape index (κ1) is 16.0. The van der Waals surface area contributed by atoms with E-state index in [1.165, 1.54) is 12.8 Å². The molecule has 110 valence electrons. The van der Waals surface area contributed by atoms with E-state index in [4.69, 9.17) is 5.11 Å². The van der Waals surface area contributed by atoms with E-state index in [0.29, 0.717) is 19.1 Å². The molecule has 0 saturated heterocycles. The number of carbonyl (C=O) groups excluding carboxylic acids is 1. The Labute approximate surface area is 115 Å². The van der Waals surface area contributed by atoms with Gasteiger partial charge in [0, 0.05) is 12.6 Å². The number of amides is 1. The van der Waals surface area contributed by atoms with Crippen LogP contribution in [0.1, 0.15) is 46.5 Å². The molecule has 2 atom stereocenters. The SMILES string of the molecule is CCN(CC(C)C(=O)O)C(C)C(=O)NC1CCCC1. The number of nitrogens with one attached hydrogen (secondary N) is 1.